The molecule has 0 radical (unpaired) electrons. The average Bonchev–Trinajstić information content (AvgIpc) is 2.34. The zero-order valence-corrected chi connectivity index (χ0v) is 11.1. The summed E-state index contributed by atoms with van der Waals surface area (Å²) in [7, 11) is 1.70. The van der Waals surface area contributed by atoms with Crippen LogP contribution >= 0.6 is 0 Å². The third-order valence-corrected chi connectivity index (χ3v) is 2.64. The van der Waals surface area contributed by atoms with Crippen molar-refractivity contribution in [3.63, 3.8) is 0 Å². The maximum Gasteiger partial charge on any atom is 0.120 e. The first-order valence-electron chi connectivity index (χ1n) is 6.26. The van der Waals surface area contributed by atoms with Crippen molar-refractivity contribution in [3.8, 4) is 5.75 Å². The van der Waals surface area contributed by atoms with E-state index in [1.807, 2.05) is 12.1 Å². The van der Waals surface area contributed by atoms with Crippen LogP contribution in [-0.4, -0.2) is 26.7 Å². The van der Waals surface area contributed by atoms with Crippen molar-refractivity contribution in [2.45, 2.75) is 20.3 Å². The van der Waals surface area contributed by atoms with Gasteiger partial charge in [-0.05, 0) is 31.0 Å². The quantitative estimate of drug-likeness (QED) is 0.790. The van der Waals surface area contributed by atoms with E-state index < -0.39 is 0 Å². The van der Waals surface area contributed by atoms with Gasteiger partial charge in [-0.1, -0.05) is 19.9 Å². The van der Waals surface area contributed by atoms with Crippen LogP contribution in [0.4, 0.5) is 5.69 Å². The zero-order valence-electron chi connectivity index (χ0n) is 11.1. The van der Waals surface area contributed by atoms with Crippen LogP contribution in [0, 0.1) is 5.92 Å². The highest BCUT2D eigenvalue weighted by atomic mass is 16.5. The Bertz CT molecular complexity index is 326. The normalized spacial score (nSPS) is 10.6. The van der Waals surface area contributed by atoms with Crippen LogP contribution in [0.5, 0.6) is 5.75 Å². The molecule has 0 aliphatic carbocycles. The van der Waals surface area contributed by atoms with Gasteiger partial charge >= 0.3 is 0 Å². The van der Waals surface area contributed by atoms with Crippen molar-refractivity contribution in [1.29, 1.82) is 0 Å². The number of hydrogen-bond donors (Lipinski definition) is 1. The minimum absolute atomic E-state index is 0.638. The highest BCUT2D eigenvalue weighted by Gasteiger charge is 2.08. The van der Waals surface area contributed by atoms with Crippen molar-refractivity contribution in [3.05, 3.63) is 24.3 Å². The van der Waals surface area contributed by atoms with Gasteiger partial charge < -0.3 is 15.4 Å². The fourth-order valence-corrected chi connectivity index (χ4v) is 1.86. The first-order chi connectivity index (χ1) is 8.17. The van der Waals surface area contributed by atoms with Crippen LogP contribution in [-0.2, 0) is 0 Å². The Labute approximate surface area is 105 Å². The first kappa shape index (κ1) is 13.8. The number of benzene rings is 1. The number of nitrogens with zero attached hydrogens (tertiary/aromatic N) is 1. The lowest BCUT2D eigenvalue weighted by molar-refractivity contribution is 0.414. The van der Waals surface area contributed by atoms with Crippen LogP contribution in [0.15, 0.2) is 24.3 Å². The topological polar surface area (TPSA) is 38.5 Å². The molecule has 0 bridgehead atoms. The molecule has 96 valence electrons. The monoisotopic (exact) mass is 236 g/mol. The summed E-state index contributed by atoms with van der Waals surface area (Å²) >= 11 is 0. The van der Waals surface area contributed by atoms with E-state index in [-0.39, 0.29) is 0 Å². The molecule has 0 aromatic heterocycles. The Hall–Kier alpha value is -1.22. The Morgan fingerprint density at radius 1 is 1.35 bits per heavy atom. The lowest BCUT2D eigenvalue weighted by Gasteiger charge is -2.27. The maximum atomic E-state index is 5.59. The van der Waals surface area contributed by atoms with Gasteiger partial charge in [0.25, 0.3) is 0 Å². The van der Waals surface area contributed by atoms with E-state index in [0.29, 0.717) is 5.92 Å². The van der Waals surface area contributed by atoms with Gasteiger partial charge in [0.15, 0.2) is 0 Å². The molecule has 0 saturated carbocycles. The van der Waals surface area contributed by atoms with Crippen LogP contribution in [0.1, 0.15) is 20.3 Å². The second-order valence-electron chi connectivity index (χ2n) is 4.68. The molecule has 2 N–H and O–H groups in total. The van der Waals surface area contributed by atoms with Gasteiger partial charge in [0.05, 0.1) is 7.11 Å². The number of hydrogen-bond acceptors (Lipinski definition) is 3. The summed E-state index contributed by atoms with van der Waals surface area (Å²) in [5.74, 6) is 1.54. The highest BCUT2D eigenvalue weighted by Crippen LogP contribution is 2.21. The zero-order chi connectivity index (χ0) is 12.7. The van der Waals surface area contributed by atoms with Crippen molar-refractivity contribution in [1.82, 2.24) is 0 Å². The van der Waals surface area contributed by atoms with E-state index >= 15 is 0 Å². The molecule has 0 heterocycles. The van der Waals surface area contributed by atoms with E-state index in [2.05, 4.69) is 30.9 Å². The van der Waals surface area contributed by atoms with Gasteiger partial charge in [-0.2, -0.15) is 0 Å². The molecule has 0 amide bonds. The molecule has 1 aromatic carbocycles. The minimum atomic E-state index is 0.638. The summed E-state index contributed by atoms with van der Waals surface area (Å²) in [4.78, 5) is 2.38. The molecule has 0 aliphatic heterocycles. The second kappa shape index (κ2) is 7.17. The molecule has 0 saturated heterocycles. The van der Waals surface area contributed by atoms with E-state index in [4.69, 9.17) is 10.5 Å². The van der Waals surface area contributed by atoms with Crippen LogP contribution < -0.4 is 15.4 Å². The van der Waals surface area contributed by atoms with Crippen LogP contribution in [0.3, 0.4) is 0 Å². The predicted molar refractivity (Wildman–Crippen MR) is 73.7 cm³/mol. The van der Waals surface area contributed by atoms with E-state index in [1.54, 1.807) is 7.11 Å². The first-order valence-corrected chi connectivity index (χ1v) is 6.26. The molecular formula is C14H24N2O. The Kier molecular flexibility index (Phi) is 5.84. The summed E-state index contributed by atoms with van der Waals surface area (Å²) in [6, 6.07) is 8.21. The van der Waals surface area contributed by atoms with Gasteiger partial charge in [0, 0.05) is 24.8 Å². The number of anilines is 1. The predicted octanol–water partition coefficient (Wildman–Crippen LogP) is 2.51. The third kappa shape index (κ3) is 4.65. The molecule has 1 rings (SSSR count). The maximum absolute atomic E-state index is 5.59. The summed E-state index contributed by atoms with van der Waals surface area (Å²) < 4.78 is 5.26. The molecule has 0 spiro atoms. The molecule has 0 unspecified atom stereocenters. The van der Waals surface area contributed by atoms with Gasteiger partial charge in [0.1, 0.15) is 5.75 Å². The van der Waals surface area contributed by atoms with E-state index in [9.17, 15) is 0 Å². The van der Waals surface area contributed by atoms with Crippen molar-refractivity contribution in [2.75, 3.05) is 31.6 Å². The molecule has 0 atom stereocenters. The van der Waals surface area contributed by atoms with Crippen LogP contribution in [0.25, 0.3) is 0 Å². The molecular weight excluding hydrogens is 212 g/mol. The van der Waals surface area contributed by atoms with Gasteiger partial charge in [-0.15, -0.1) is 0 Å². The Morgan fingerprint density at radius 2 is 2.12 bits per heavy atom. The number of methoxy groups -OCH3 is 1. The molecule has 0 aliphatic rings. The third-order valence-electron chi connectivity index (χ3n) is 2.64. The van der Waals surface area contributed by atoms with Gasteiger partial charge in [-0.25, -0.2) is 0 Å². The fourth-order valence-electron chi connectivity index (χ4n) is 1.86. The van der Waals surface area contributed by atoms with Gasteiger partial charge in [0.2, 0.25) is 0 Å². The largest absolute Gasteiger partial charge is 0.497 e. The van der Waals surface area contributed by atoms with Crippen molar-refractivity contribution in [2.24, 2.45) is 11.7 Å². The summed E-state index contributed by atoms with van der Waals surface area (Å²) in [5.41, 5.74) is 6.80. The lowest BCUT2D eigenvalue weighted by atomic mass is 10.1. The molecule has 3 nitrogen and oxygen atoms in total. The fraction of sp³-hybridized carbons (Fsp3) is 0.571. The average molecular weight is 236 g/mol. The summed E-state index contributed by atoms with van der Waals surface area (Å²) in [5, 5.41) is 0. The Balaban J connectivity index is 2.78. The van der Waals surface area contributed by atoms with Crippen molar-refractivity contribution < 1.29 is 4.74 Å². The SMILES string of the molecule is COc1cccc(N(CCCN)CC(C)C)c1. The van der Waals surface area contributed by atoms with Gasteiger partial charge in [-0.3, -0.25) is 0 Å². The van der Waals surface area contributed by atoms with Crippen molar-refractivity contribution >= 4 is 5.69 Å². The summed E-state index contributed by atoms with van der Waals surface area (Å²) in [6.07, 6.45) is 1.02. The number of nitrogens with two attached hydrogens (primary N) is 1. The molecule has 17 heavy (non-hydrogen) atoms. The second-order valence-corrected chi connectivity index (χ2v) is 4.68. The minimum Gasteiger partial charge on any atom is -0.497 e. The summed E-state index contributed by atoms with van der Waals surface area (Å²) in [6.45, 7) is 7.25. The Morgan fingerprint density at radius 3 is 2.71 bits per heavy atom. The smallest absolute Gasteiger partial charge is 0.120 e. The molecule has 1 aromatic rings. The number of rotatable bonds is 7. The highest BCUT2D eigenvalue weighted by molar-refractivity contribution is 5.50. The molecule has 0 fully saturated rings. The van der Waals surface area contributed by atoms with E-state index in [0.717, 1.165) is 31.8 Å². The van der Waals surface area contributed by atoms with Crippen LogP contribution in [0.2, 0.25) is 0 Å². The molecule has 3 heteroatoms. The van der Waals surface area contributed by atoms with E-state index in [1.165, 1.54) is 5.69 Å². The number of ether oxygens (including phenoxy) is 1. The lowest BCUT2D eigenvalue weighted by Crippen LogP contribution is -2.29. The standard InChI is InChI=1S/C14H24N2O/c1-12(2)11-16(9-5-8-15)13-6-4-7-14(10-13)17-3/h4,6-7,10,12H,5,8-9,11,15H2,1-3H3.